The highest BCUT2D eigenvalue weighted by Crippen LogP contribution is 1.98. The molecule has 0 aromatic carbocycles. The maximum Gasteiger partial charge on any atom is 0.239 e. The van der Waals surface area contributed by atoms with Crippen LogP contribution >= 0.6 is 0 Å². The Morgan fingerprint density at radius 2 is 2.50 bits per heavy atom. The topological polar surface area (TPSA) is 66.0 Å². The molecule has 1 aromatic rings. The molecule has 0 spiro atoms. The molecule has 1 atom stereocenters. The number of rotatable bonds is 4. The Bertz CT molecular complexity index is 235. The van der Waals surface area contributed by atoms with E-state index < -0.39 is 0 Å². The quantitative estimate of drug-likeness (QED) is 0.719. The van der Waals surface area contributed by atoms with Crippen molar-refractivity contribution >= 4 is 5.95 Å². The second-order valence-electron chi connectivity index (χ2n) is 2.66. The van der Waals surface area contributed by atoms with Crippen LogP contribution in [0, 0.1) is 0 Å². The third kappa shape index (κ3) is 2.50. The Hall–Kier alpha value is -1.10. The molecular formula is C7H14N4O. The van der Waals surface area contributed by atoms with Crippen LogP contribution in [0.5, 0.6) is 0 Å². The highest BCUT2D eigenvalue weighted by Gasteiger charge is 1.99. The van der Waals surface area contributed by atoms with Crippen molar-refractivity contribution in [1.82, 2.24) is 14.8 Å². The summed E-state index contributed by atoms with van der Waals surface area (Å²) in [5.74, 6) is 0.280. The average Bonchev–Trinajstić information content (AvgIpc) is 2.47. The molecule has 68 valence electrons. The lowest BCUT2D eigenvalue weighted by molar-refractivity contribution is 0.00981. The third-order valence-electron chi connectivity index (χ3n) is 1.62. The number of aromatic nitrogens is 3. The van der Waals surface area contributed by atoms with Crippen molar-refractivity contribution < 1.29 is 4.74 Å². The largest absolute Gasteiger partial charge is 0.367 e. The van der Waals surface area contributed by atoms with Crippen molar-refractivity contribution in [2.24, 2.45) is 0 Å². The van der Waals surface area contributed by atoms with E-state index in [1.54, 1.807) is 11.0 Å². The van der Waals surface area contributed by atoms with Crippen LogP contribution in [0.4, 0.5) is 5.95 Å². The molecular weight excluding hydrogens is 156 g/mol. The SMILES string of the molecule is CCC(C)OCn1cnc(N)n1. The van der Waals surface area contributed by atoms with Gasteiger partial charge in [-0.05, 0) is 13.3 Å². The van der Waals surface area contributed by atoms with Crippen molar-refractivity contribution in [2.75, 3.05) is 5.73 Å². The molecule has 0 aliphatic rings. The molecule has 1 rings (SSSR count). The van der Waals surface area contributed by atoms with Crippen molar-refractivity contribution in [3.63, 3.8) is 0 Å². The van der Waals surface area contributed by atoms with Gasteiger partial charge in [0.25, 0.3) is 0 Å². The van der Waals surface area contributed by atoms with Crippen molar-refractivity contribution in [3.05, 3.63) is 6.33 Å². The Kier molecular flexibility index (Phi) is 3.04. The molecule has 0 saturated heterocycles. The second kappa shape index (κ2) is 4.06. The number of ether oxygens (including phenoxy) is 1. The molecule has 0 radical (unpaired) electrons. The van der Waals surface area contributed by atoms with E-state index in [9.17, 15) is 0 Å². The summed E-state index contributed by atoms with van der Waals surface area (Å²) < 4.78 is 6.97. The summed E-state index contributed by atoms with van der Waals surface area (Å²) in [4.78, 5) is 3.77. The Balaban J connectivity index is 2.33. The predicted molar refractivity (Wildman–Crippen MR) is 45.3 cm³/mol. The van der Waals surface area contributed by atoms with E-state index >= 15 is 0 Å². The van der Waals surface area contributed by atoms with Gasteiger partial charge >= 0.3 is 0 Å². The van der Waals surface area contributed by atoms with Crippen LogP contribution in [0.1, 0.15) is 20.3 Å². The van der Waals surface area contributed by atoms with E-state index in [-0.39, 0.29) is 12.1 Å². The van der Waals surface area contributed by atoms with Crippen LogP contribution in [0.3, 0.4) is 0 Å². The van der Waals surface area contributed by atoms with E-state index in [4.69, 9.17) is 10.5 Å². The Morgan fingerprint density at radius 1 is 1.75 bits per heavy atom. The van der Waals surface area contributed by atoms with Crippen LogP contribution < -0.4 is 5.73 Å². The van der Waals surface area contributed by atoms with Crippen LogP contribution in [-0.4, -0.2) is 20.9 Å². The first-order chi connectivity index (χ1) is 5.72. The molecule has 2 N–H and O–H groups in total. The van der Waals surface area contributed by atoms with E-state index in [2.05, 4.69) is 17.0 Å². The van der Waals surface area contributed by atoms with Crippen LogP contribution in [0.2, 0.25) is 0 Å². The Morgan fingerprint density at radius 3 is 3.00 bits per heavy atom. The van der Waals surface area contributed by atoms with Crippen LogP contribution in [-0.2, 0) is 11.5 Å². The minimum atomic E-state index is 0.246. The van der Waals surface area contributed by atoms with Crippen LogP contribution in [0.25, 0.3) is 0 Å². The molecule has 0 saturated carbocycles. The van der Waals surface area contributed by atoms with E-state index in [1.165, 1.54) is 0 Å². The van der Waals surface area contributed by atoms with Gasteiger partial charge in [0, 0.05) is 0 Å². The second-order valence-corrected chi connectivity index (χ2v) is 2.66. The number of nitrogens with two attached hydrogens (primary N) is 1. The summed E-state index contributed by atoms with van der Waals surface area (Å²) in [6.07, 6.45) is 2.79. The monoisotopic (exact) mass is 170 g/mol. The van der Waals surface area contributed by atoms with Gasteiger partial charge < -0.3 is 10.5 Å². The molecule has 1 heterocycles. The molecule has 1 unspecified atom stereocenters. The lowest BCUT2D eigenvalue weighted by atomic mass is 10.3. The summed E-state index contributed by atoms with van der Waals surface area (Å²) in [6.45, 7) is 4.50. The molecule has 0 bridgehead atoms. The van der Waals surface area contributed by atoms with Gasteiger partial charge in [-0.15, -0.1) is 5.10 Å². The lowest BCUT2D eigenvalue weighted by Gasteiger charge is -2.09. The normalized spacial score (nSPS) is 13.2. The zero-order valence-electron chi connectivity index (χ0n) is 7.40. The van der Waals surface area contributed by atoms with Gasteiger partial charge in [0.05, 0.1) is 6.10 Å². The summed E-state index contributed by atoms with van der Waals surface area (Å²) in [5, 5.41) is 3.88. The fourth-order valence-corrected chi connectivity index (χ4v) is 0.693. The number of nitrogens with zero attached hydrogens (tertiary/aromatic N) is 3. The van der Waals surface area contributed by atoms with Crippen molar-refractivity contribution in [3.8, 4) is 0 Å². The first kappa shape index (κ1) is 8.99. The summed E-state index contributed by atoms with van der Waals surface area (Å²) >= 11 is 0. The molecule has 0 aliphatic carbocycles. The predicted octanol–water partition coefficient (Wildman–Crippen LogP) is 0.633. The van der Waals surface area contributed by atoms with E-state index in [0.29, 0.717) is 6.73 Å². The summed E-state index contributed by atoms with van der Waals surface area (Å²) in [5.41, 5.74) is 5.32. The van der Waals surface area contributed by atoms with Crippen molar-refractivity contribution in [1.29, 1.82) is 0 Å². The number of anilines is 1. The zero-order chi connectivity index (χ0) is 8.97. The fourth-order valence-electron chi connectivity index (χ4n) is 0.693. The van der Waals surface area contributed by atoms with Crippen LogP contribution in [0.15, 0.2) is 6.33 Å². The highest BCUT2D eigenvalue weighted by atomic mass is 16.5. The van der Waals surface area contributed by atoms with E-state index in [1.807, 2.05) is 6.92 Å². The average molecular weight is 170 g/mol. The van der Waals surface area contributed by atoms with Gasteiger partial charge in [-0.1, -0.05) is 6.92 Å². The van der Waals surface area contributed by atoms with Gasteiger partial charge in [0.2, 0.25) is 5.95 Å². The molecule has 0 amide bonds. The molecule has 1 aromatic heterocycles. The first-order valence-electron chi connectivity index (χ1n) is 3.99. The number of nitrogen functional groups attached to an aromatic ring is 1. The van der Waals surface area contributed by atoms with Gasteiger partial charge in [-0.25, -0.2) is 9.67 Å². The van der Waals surface area contributed by atoms with Gasteiger partial charge in [-0.2, -0.15) is 0 Å². The smallest absolute Gasteiger partial charge is 0.239 e. The molecule has 12 heavy (non-hydrogen) atoms. The van der Waals surface area contributed by atoms with Gasteiger partial charge in [0.1, 0.15) is 13.1 Å². The van der Waals surface area contributed by atoms with Gasteiger partial charge in [0.15, 0.2) is 0 Å². The number of hydrogen-bond acceptors (Lipinski definition) is 4. The molecule has 0 aliphatic heterocycles. The van der Waals surface area contributed by atoms with Crippen molar-refractivity contribution in [2.45, 2.75) is 33.1 Å². The zero-order valence-corrected chi connectivity index (χ0v) is 7.40. The van der Waals surface area contributed by atoms with E-state index in [0.717, 1.165) is 6.42 Å². The summed E-state index contributed by atoms with van der Waals surface area (Å²) in [6, 6.07) is 0. The number of hydrogen-bond donors (Lipinski definition) is 1. The standard InChI is InChI=1S/C7H14N4O/c1-3-6(2)12-5-11-4-9-7(8)10-11/h4,6H,3,5H2,1-2H3,(H2,8,10). The summed E-state index contributed by atoms with van der Waals surface area (Å²) in [7, 11) is 0. The third-order valence-corrected chi connectivity index (χ3v) is 1.62. The Labute approximate surface area is 71.5 Å². The fraction of sp³-hybridized carbons (Fsp3) is 0.714. The van der Waals surface area contributed by atoms with Gasteiger partial charge in [-0.3, -0.25) is 0 Å². The lowest BCUT2D eigenvalue weighted by Crippen LogP contribution is -2.11. The molecule has 5 nitrogen and oxygen atoms in total. The maximum absolute atomic E-state index is 5.40. The minimum Gasteiger partial charge on any atom is -0.367 e. The highest BCUT2D eigenvalue weighted by molar-refractivity contribution is 5.08. The first-order valence-corrected chi connectivity index (χ1v) is 3.99. The minimum absolute atomic E-state index is 0.246. The molecule has 5 heteroatoms. The molecule has 0 fully saturated rings. The maximum atomic E-state index is 5.40.